The smallest absolute Gasteiger partial charge is 0.281 e. The summed E-state index contributed by atoms with van der Waals surface area (Å²) in [6.07, 6.45) is 3.44. The minimum atomic E-state index is -2.91. The summed E-state index contributed by atoms with van der Waals surface area (Å²) < 4.78 is 41.3. The van der Waals surface area contributed by atoms with Gasteiger partial charge in [0.1, 0.15) is 17.6 Å². The summed E-state index contributed by atoms with van der Waals surface area (Å²) in [4.78, 5) is 38.6. The van der Waals surface area contributed by atoms with E-state index < -0.39 is 29.3 Å². The molecule has 0 atom stereocenters. The average molecular weight is 623 g/mol. The second-order valence-electron chi connectivity index (χ2n) is 11.7. The molecule has 4 heterocycles. The van der Waals surface area contributed by atoms with Crippen molar-refractivity contribution in [3.05, 3.63) is 82.1 Å². The second-order valence-corrected chi connectivity index (χ2v) is 12.1. The van der Waals surface area contributed by atoms with Gasteiger partial charge in [-0.25, -0.2) is 18.2 Å². The largest absolute Gasteiger partial charge is 0.369 e. The van der Waals surface area contributed by atoms with Gasteiger partial charge in [0.15, 0.2) is 5.69 Å². The van der Waals surface area contributed by atoms with E-state index in [9.17, 15) is 28.0 Å². The Balaban J connectivity index is 1.13. The van der Waals surface area contributed by atoms with Gasteiger partial charge in [-0.2, -0.15) is 5.26 Å². The lowest BCUT2D eigenvalue weighted by Crippen LogP contribution is -2.50. The SMILES string of the molecule is N#Cc1ncccc1N1CCC2(CC1)C(=O)N(CC1CCC(NC(=O)c3cc(Cl)cnc3C(F)F)CC1)c1cc(F)ccc12. The highest BCUT2D eigenvalue weighted by atomic mass is 35.5. The number of rotatable bonds is 6. The van der Waals surface area contributed by atoms with E-state index >= 15 is 0 Å². The van der Waals surface area contributed by atoms with Crippen LogP contribution in [-0.4, -0.2) is 47.5 Å². The molecule has 2 aromatic heterocycles. The minimum Gasteiger partial charge on any atom is -0.369 e. The third-order valence-electron chi connectivity index (χ3n) is 9.23. The van der Waals surface area contributed by atoms with Crippen molar-refractivity contribution >= 4 is 34.8 Å². The Morgan fingerprint density at radius 2 is 1.86 bits per heavy atom. The lowest BCUT2D eigenvalue weighted by molar-refractivity contribution is -0.124. The molecule has 1 spiro atoms. The number of nitriles is 1. The molecule has 2 fully saturated rings. The number of carbonyl (C=O) groups excluding carboxylic acids is 2. The van der Waals surface area contributed by atoms with E-state index in [1.165, 1.54) is 18.2 Å². The quantitative estimate of drug-likeness (QED) is 0.364. The number of pyridine rings is 2. The summed E-state index contributed by atoms with van der Waals surface area (Å²) in [6, 6.07) is 11.3. The van der Waals surface area contributed by atoms with Crippen molar-refractivity contribution in [2.24, 2.45) is 5.92 Å². The van der Waals surface area contributed by atoms with E-state index in [2.05, 4.69) is 26.3 Å². The number of nitrogens with one attached hydrogen (secondary N) is 1. The normalized spacial score (nSPS) is 21.0. The number of aromatic nitrogens is 2. The van der Waals surface area contributed by atoms with E-state index in [0.29, 0.717) is 69.5 Å². The molecule has 3 aromatic rings. The van der Waals surface area contributed by atoms with Crippen LogP contribution in [0.15, 0.2) is 48.8 Å². The molecule has 1 N–H and O–H groups in total. The molecule has 0 bridgehead atoms. The Bertz CT molecular complexity index is 1630. The molecular weight excluding hydrogens is 593 g/mol. The van der Waals surface area contributed by atoms with Gasteiger partial charge in [-0.15, -0.1) is 0 Å². The van der Waals surface area contributed by atoms with Crippen molar-refractivity contribution in [2.75, 3.05) is 29.4 Å². The molecule has 1 saturated heterocycles. The predicted octanol–water partition coefficient (Wildman–Crippen LogP) is 5.95. The van der Waals surface area contributed by atoms with Crippen molar-refractivity contribution in [3.8, 4) is 6.07 Å². The van der Waals surface area contributed by atoms with Crippen molar-refractivity contribution in [1.82, 2.24) is 15.3 Å². The number of hydrogen-bond donors (Lipinski definition) is 1. The van der Waals surface area contributed by atoms with E-state index in [1.54, 1.807) is 23.2 Å². The number of anilines is 2. The number of halogens is 4. The van der Waals surface area contributed by atoms with Gasteiger partial charge in [0, 0.05) is 38.1 Å². The summed E-state index contributed by atoms with van der Waals surface area (Å²) in [5.41, 5.74) is 0.910. The highest BCUT2D eigenvalue weighted by molar-refractivity contribution is 6.30. The van der Waals surface area contributed by atoms with Gasteiger partial charge in [-0.05, 0) is 80.3 Å². The molecule has 1 aromatic carbocycles. The van der Waals surface area contributed by atoms with Crippen LogP contribution in [0.25, 0.3) is 0 Å². The zero-order valence-corrected chi connectivity index (χ0v) is 24.5. The van der Waals surface area contributed by atoms with Gasteiger partial charge in [0.25, 0.3) is 12.3 Å². The van der Waals surface area contributed by atoms with Crippen LogP contribution < -0.4 is 15.1 Å². The van der Waals surface area contributed by atoms with E-state index in [0.717, 1.165) is 17.4 Å². The molecule has 0 radical (unpaired) electrons. The predicted molar refractivity (Wildman–Crippen MR) is 158 cm³/mol. The molecule has 2 amide bonds. The maximum Gasteiger partial charge on any atom is 0.281 e. The topological polar surface area (TPSA) is 102 Å². The second kappa shape index (κ2) is 12.1. The number of carbonyl (C=O) groups is 2. The molecule has 44 heavy (non-hydrogen) atoms. The van der Waals surface area contributed by atoms with E-state index in [-0.39, 0.29) is 28.5 Å². The summed E-state index contributed by atoms with van der Waals surface area (Å²) >= 11 is 5.91. The van der Waals surface area contributed by atoms with Gasteiger partial charge in [-0.1, -0.05) is 17.7 Å². The van der Waals surface area contributed by atoms with Crippen LogP contribution in [0.2, 0.25) is 5.02 Å². The number of hydrogen-bond acceptors (Lipinski definition) is 6. The molecule has 1 aliphatic carbocycles. The van der Waals surface area contributed by atoms with Gasteiger partial charge in [0.05, 0.1) is 27.4 Å². The molecule has 2 aliphatic heterocycles. The fourth-order valence-electron chi connectivity index (χ4n) is 6.96. The van der Waals surface area contributed by atoms with E-state index in [4.69, 9.17) is 11.6 Å². The molecule has 6 rings (SSSR count). The summed E-state index contributed by atoms with van der Waals surface area (Å²) in [6.45, 7) is 1.53. The zero-order valence-electron chi connectivity index (χ0n) is 23.8. The third-order valence-corrected chi connectivity index (χ3v) is 9.44. The molecule has 12 heteroatoms. The fraction of sp³-hybridized carbons (Fsp3) is 0.406. The molecule has 3 aliphatic rings. The van der Waals surface area contributed by atoms with Gasteiger partial charge in [-0.3, -0.25) is 14.6 Å². The number of amides is 2. The molecule has 8 nitrogen and oxygen atoms in total. The molecular formula is C32H30ClF3N6O2. The minimum absolute atomic E-state index is 0.0344. The monoisotopic (exact) mass is 622 g/mol. The first kappa shape index (κ1) is 29.9. The Hall–Kier alpha value is -4.17. The van der Waals surface area contributed by atoms with Crippen LogP contribution in [0.1, 0.15) is 72.3 Å². The highest BCUT2D eigenvalue weighted by Gasteiger charge is 2.52. The van der Waals surface area contributed by atoms with Crippen LogP contribution in [0.5, 0.6) is 0 Å². The Labute approximate surface area is 257 Å². The Kier molecular flexibility index (Phi) is 8.20. The Morgan fingerprint density at radius 3 is 2.57 bits per heavy atom. The summed E-state index contributed by atoms with van der Waals surface area (Å²) in [7, 11) is 0. The number of fused-ring (bicyclic) bond motifs is 2. The lowest BCUT2D eigenvalue weighted by atomic mass is 9.73. The van der Waals surface area contributed by atoms with Crippen molar-refractivity contribution in [1.29, 1.82) is 5.26 Å². The van der Waals surface area contributed by atoms with Crippen LogP contribution >= 0.6 is 11.6 Å². The number of alkyl halides is 2. The van der Waals surface area contributed by atoms with E-state index in [1.807, 2.05) is 6.07 Å². The fourth-order valence-corrected chi connectivity index (χ4v) is 7.12. The third kappa shape index (κ3) is 5.47. The van der Waals surface area contributed by atoms with Crippen LogP contribution in [0.3, 0.4) is 0 Å². The van der Waals surface area contributed by atoms with Crippen LogP contribution in [0, 0.1) is 23.1 Å². The molecule has 0 unspecified atom stereocenters. The van der Waals surface area contributed by atoms with Crippen molar-refractivity contribution in [3.63, 3.8) is 0 Å². The summed E-state index contributed by atoms with van der Waals surface area (Å²) in [5, 5.41) is 12.4. The first-order valence-electron chi connectivity index (χ1n) is 14.7. The first-order valence-corrected chi connectivity index (χ1v) is 15.0. The number of nitrogens with zero attached hydrogens (tertiary/aromatic N) is 5. The average Bonchev–Trinajstić information content (AvgIpc) is 3.23. The summed E-state index contributed by atoms with van der Waals surface area (Å²) in [5.74, 6) is -0.959. The molecule has 228 valence electrons. The van der Waals surface area contributed by atoms with Crippen LogP contribution in [0.4, 0.5) is 24.5 Å². The first-order chi connectivity index (χ1) is 21.2. The van der Waals surface area contributed by atoms with Crippen LogP contribution in [-0.2, 0) is 10.2 Å². The van der Waals surface area contributed by atoms with Crippen molar-refractivity contribution in [2.45, 2.75) is 56.4 Å². The van der Waals surface area contributed by atoms with Gasteiger partial charge >= 0.3 is 0 Å². The van der Waals surface area contributed by atoms with Crippen molar-refractivity contribution < 1.29 is 22.8 Å². The van der Waals surface area contributed by atoms with Gasteiger partial charge < -0.3 is 15.1 Å². The Morgan fingerprint density at radius 1 is 1.11 bits per heavy atom. The highest BCUT2D eigenvalue weighted by Crippen LogP contribution is 2.49. The maximum absolute atomic E-state index is 14.5. The standard InChI is InChI=1S/C32H30ClF3N6O2/c33-20-14-23(28(29(35)36)39-17-20)30(43)40-22-6-3-19(4-7-22)18-42-27-15-21(34)5-8-24(27)32(31(42)44)9-12-41(13-10-32)26-2-1-11-38-25(26)16-37/h1-2,5,8,11,14-15,17,19,22,29H,3-4,6-7,9-10,12-13,18H2,(H,40,43). The molecule has 1 saturated carbocycles. The number of benzene rings is 1. The number of piperidine rings is 1. The zero-order chi connectivity index (χ0) is 31.0. The van der Waals surface area contributed by atoms with Gasteiger partial charge in [0.2, 0.25) is 5.91 Å². The maximum atomic E-state index is 14.5. The lowest BCUT2D eigenvalue weighted by Gasteiger charge is -2.40.